The number of halogens is 1. The van der Waals surface area contributed by atoms with Crippen LogP contribution in [-0.4, -0.2) is 31.8 Å². The molecular formula is C13H15BrN2O2. The molecule has 2 rings (SSSR count). The highest BCUT2D eigenvalue weighted by Crippen LogP contribution is 2.29. The first kappa shape index (κ1) is 13.3. The van der Waals surface area contributed by atoms with Crippen LogP contribution in [-0.2, 0) is 0 Å². The van der Waals surface area contributed by atoms with Crippen LogP contribution in [0.15, 0.2) is 36.5 Å². The number of H-pyrrole nitrogens is 1. The molecule has 1 aromatic heterocycles. The van der Waals surface area contributed by atoms with E-state index < -0.39 is 12.2 Å². The molecule has 5 heteroatoms. The van der Waals surface area contributed by atoms with E-state index in [-0.39, 0.29) is 0 Å². The van der Waals surface area contributed by atoms with E-state index in [9.17, 15) is 10.2 Å². The lowest BCUT2D eigenvalue weighted by Gasteiger charge is -2.19. The van der Waals surface area contributed by atoms with Crippen LogP contribution in [0.2, 0.25) is 0 Å². The first-order valence-corrected chi connectivity index (χ1v) is 6.87. The van der Waals surface area contributed by atoms with Gasteiger partial charge in [-0.2, -0.15) is 5.10 Å². The van der Waals surface area contributed by atoms with E-state index in [1.807, 2.05) is 30.3 Å². The number of alkyl halides is 1. The number of benzene rings is 1. The maximum atomic E-state index is 10.2. The minimum Gasteiger partial charge on any atom is -0.390 e. The Hall–Kier alpha value is -1.17. The summed E-state index contributed by atoms with van der Waals surface area (Å²) >= 11 is 3.26. The van der Waals surface area contributed by atoms with Gasteiger partial charge in [-0.15, -0.1) is 0 Å². The summed E-state index contributed by atoms with van der Waals surface area (Å²) in [7, 11) is 0. The number of nitrogens with zero attached hydrogens (tertiary/aromatic N) is 1. The van der Waals surface area contributed by atoms with Gasteiger partial charge in [0.05, 0.1) is 11.8 Å². The van der Waals surface area contributed by atoms with Gasteiger partial charge in [0.25, 0.3) is 0 Å². The van der Waals surface area contributed by atoms with Gasteiger partial charge >= 0.3 is 0 Å². The highest BCUT2D eigenvalue weighted by atomic mass is 79.9. The minimum atomic E-state index is -0.901. The van der Waals surface area contributed by atoms with E-state index in [0.29, 0.717) is 17.3 Å². The molecule has 0 aliphatic heterocycles. The molecule has 1 aromatic carbocycles. The molecule has 0 spiro atoms. The molecule has 0 amide bonds. The number of aromatic nitrogens is 2. The monoisotopic (exact) mass is 310 g/mol. The average molecular weight is 311 g/mol. The Morgan fingerprint density at radius 2 is 2.00 bits per heavy atom. The maximum absolute atomic E-state index is 10.2. The van der Waals surface area contributed by atoms with Crippen molar-refractivity contribution in [3.05, 3.63) is 42.1 Å². The molecule has 18 heavy (non-hydrogen) atoms. The molecule has 0 saturated heterocycles. The largest absolute Gasteiger partial charge is 0.390 e. The molecular weight excluding hydrogens is 296 g/mol. The fourth-order valence-electron chi connectivity index (χ4n) is 1.88. The number of hydrogen-bond donors (Lipinski definition) is 3. The fourth-order valence-corrected chi connectivity index (χ4v) is 2.35. The second-order valence-electron chi connectivity index (χ2n) is 4.05. The van der Waals surface area contributed by atoms with Crippen molar-refractivity contribution in [2.24, 2.45) is 0 Å². The van der Waals surface area contributed by atoms with Gasteiger partial charge in [-0.25, -0.2) is 0 Å². The predicted octanol–water partition coefficient (Wildman–Crippen LogP) is 2.26. The Balaban J connectivity index is 2.33. The van der Waals surface area contributed by atoms with Crippen molar-refractivity contribution in [1.29, 1.82) is 0 Å². The van der Waals surface area contributed by atoms with Crippen molar-refractivity contribution in [1.82, 2.24) is 10.2 Å². The van der Waals surface area contributed by atoms with Crippen molar-refractivity contribution in [3.63, 3.8) is 0 Å². The van der Waals surface area contributed by atoms with E-state index in [4.69, 9.17) is 0 Å². The van der Waals surface area contributed by atoms with E-state index in [2.05, 4.69) is 26.1 Å². The van der Waals surface area contributed by atoms with Crippen LogP contribution in [0.5, 0.6) is 0 Å². The Morgan fingerprint density at radius 1 is 1.22 bits per heavy atom. The lowest BCUT2D eigenvalue weighted by Crippen LogP contribution is -2.19. The molecule has 4 nitrogen and oxygen atoms in total. The number of aliphatic hydroxyl groups excluding tert-OH is 2. The van der Waals surface area contributed by atoms with E-state index in [1.54, 1.807) is 6.20 Å². The Morgan fingerprint density at radius 3 is 2.67 bits per heavy atom. The van der Waals surface area contributed by atoms with Crippen LogP contribution in [0.3, 0.4) is 0 Å². The van der Waals surface area contributed by atoms with Gasteiger partial charge in [-0.05, 0) is 18.1 Å². The minimum absolute atomic E-state index is 0.498. The SMILES string of the molecule is OC(CCBr)C(O)c1ccccc1-c1ccn[nH]1. The van der Waals surface area contributed by atoms with Gasteiger partial charge in [0.15, 0.2) is 0 Å². The van der Waals surface area contributed by atoms with Crippen molar-refractivity contribution in [3.8, 4) is 11.3 Å². The summed E-state index contributed by atoms with van der Waals surface area (Å²) in [6.07, 6.45) is 0.474. The van der Waals surface area contributed by atoms with Crippen molar-refractivity contribution in [2.45, 2.75) is 18.6 Å². The number of hydrogen-bond acceptors (Lipinski definition) is 3. The van der Waals surface area contributed by atoms with Gasteiger partial charge in [-0.1, -0.05) is 40.2 Å². The molecule has 0 aliphatic rings. The van der Waals surface area contributed by atoms with Crippen LogP contribution >= 0.6 is 15.9 Å². The summed E-state index contributed by atoms with van der Waals surface area (Å²) in [5.41, 5.74) is 2.39. The molecule has 0 aliphatic carbocycles. The topological polar surface area (TPSA) is 69.1 Å². The van der Waals surface area contributed by atoms with Crippen molar-refractivity contribution >= 4 is 15.9 Å². The van der Waals surface area contributed by atoms with Gasteiger partial charge in [0, 0.05) is 17.1 Å². The third-order valence-corrected chi connectivity index (χ3v) is 3.30. The lowest BCUT2D eigenvalue weighted by molar-refractivity contribution is 0.0177. The van der Waals surface area contributed by atoms with Crippen molar-refractivity contribution in [2.75, 3.05) is 5.33 Å². The van der Waals surface area contributed by atoms with Crippen LogP contribution in [0.1, 0.15) is 18.1 Å². The van der Waals surface area contributed by atoms with E-state index >= 15 is 0 Å². The summed E-state index contributed by atoms with van der Waals surface area (Å²) < 4.78 is 0. The molecule has 3 N–H and O–H groups in total. The number of aliphatic hydroxyl groups is 2. The molecule has 2 aromatic rings. The van der Waals surface area contributed by atoms with E-state index in [1.165, 1.54) is 0 Å². The summed E-state index contributed by atoms with van der Waals surface area (Å²) in [6, 6.07) is 9.29. The Bertz CT molecular complexity index is 487. The molecule has 0 saturated carbocycles. The van der Waals surface area contributed by atoms with Gasteiger partial charge in [0.1, 0.15) is 6.10 Å². The summed E-state index contributed by atoms with van der Waals surface area (Å²) in [4.78, 5) is 0. The van der Waals surface area contributed by atoms with Crippen molar-refractivity contribution < 1.29 is 10.2 Å². The van der Waals surface area contributed by atoms with Gasteiger partial charge < -0.3 is 10.2 Å². The zero-order chi connectivity index (χ0) is 13.0. The Kier molecular flexibility index (Phi) is 4.52. The van der Waals surface area contributed by atoms with Crippen LogP contribution in [0.4, 0.5) is 0 Å². The second kappa shape index (κ2) is 6.13. The van der Waals surface area contributed by atoms with Gasteiger partial charge in [-0.3, -0.25) is 5.10 Å². The third-order valence-electron chi connectivity index (χ3n) is 2.84. The van der Waals surface area contributed by atoms with E-state index in [0.717, 1.165) is 11.3 Å². The zero-order valence-corrected chi connectivity index (χ0v) is 11.3. The second-order valence-corrected chi connectivity index (χ2v) is 4.84. The van der Waals surface area contributed by atoms with Crippen LogP contribution in [0, 0.1) is 0 Å². The smallest absolute Gasteiger partial charge is 0.106 e. The average Bonchev–Trinajstić information content (AvgIpc) is 2.92. The summed E-state index contributed by atoms with van der Waals surface area (Å²) in [6.45, 7) is 0. The maximum Gasteiger partial charge on any atom is 0.106 e. The van der Waals surface area contributed by atoms with Gasteiger partial charge in [0.2, 0.25) is 0 Å². The number of rotatable bonds is 5. The quantitative estimate of drug-likeness (QED) is 0.742. The number of nitrogens with one attached hydrogen (secondary N) is 1. The fraction of sp³-hybridized carbons (Fsp3) is 0.308. The first-order chi connectivity index (χ1) is 8.74. The first-order valence-electron chi connectivity index (χ1n) is 5.75. The number of aromatic amines is 1. The summed E-state index contributed by atoms with van der Waals surface area (Å²) in [5, 5.41) is 27.5. The zero-order valence-electron chi connectivity index (χ0n) is 9.75. The standard InChI is InChI=1S/C13H15BrN2O2/c14-7-5-12(17)13(18)10-4-2-1-3-9(10)11-6-8-15-16-11/h1-4,6,8,12-13,17-18H,5,7H2,(H,15,16). The summed E-state index contributed by atoms with van der Waals surface area (Å²) in [5.74, 6) is 0. The highest BCUT2D eigenvalue weighted by molar-refractivity contribution is 9.09. The van der Waals surface area contributed by atoms with Crippen LogP contribution < -0.4 is 0 Å². The van der Waals surface area contributed by atoms with Crippen LogP contribution in [0.25, 0.3) is 11.3 Å². The Labute approximate surface area is 114 Å². The highest BCUT2D eigenvalue weighted by Gasteiger charge is 2.21. The molecule has 1 heterocycles. The third kappa shape index (κ3) is 2.80. The molecule has 2 atom stereocenters. The molecule has 2 unspecified atom stereocenters. The molecule has 0 fully saturated rings. The lowest BCUT2D eigenvalue weighted by atomic mass is 9.96. The molecule has 96 valence electrons. The normalized spacial score (nSPS) is 14.4. The molecule has 0 radical (unpaired) electrons. The molecule has 0 bridgehead atoms. The predicted molar refractivity (Wildman–Crippen MR) is 73.4 cm³/mol.